The van der Waals surface area contributed by atoms with Crippen molar-refractivity contribution in [3.05, 3.63) is 29.8 Å². The molecule has 0 bridgehead atoms. The average Bonchev–Trinajstić information content (AvgIpc) is 3.53. The molecule has 1 aromatic carbocycles. The van der Waals surface area contributed by atoms with Gasteiger partial charge in [-0.25, -0.2) is 0 Å². The van der Waals surface area contributed by atoms with Gasteiger partial charge in [0.15, 0.2) is 6.10 Å². The number of ether oxygens (including phenoxy) is 3. The molecule has 3 fully saturated rings. The number of benzene rings is 1. The van der Waals surface area contributed by atoms with E-state index in [9.17, 15) is 9.59 Å². The Kier molecular flexibility index (Phi) is 4.82. The van der Waals surface area contributed by atoms with Crippen molar-refractivity contribution in [2.45, 2.75) is 31.0 Å². The Morgan fingerprint density at radius 1 is 1.15 bits per heavy atom. The molecule has 26 heavy (non-hydrogen) atoms. The number of morpholine rings is 2. The molecule has 2 amide bonds. The van der Waals surface area contributed by atoms with Crippen LogP contribution in [0.15, 0.2) is 24.3 Å². The van der Waals surface area contributed by atoms with Gasteiger partial charge < -0.3 is 24.0 Å². The first-order valence-corrected chi connectivity index (χ1v) is 9.12. The van der Waals surface area contributed by atoms with E-state index in [2.05, 4.69) is 0 Å². The van der Waals surface area contributed by atoms with E-state index in [0.29, 0.717) is 26.3 Å². The molecule has 3 aliphatic rings. The molecule has 4 rings (SSSR count). The molecule has 7 nitrogen and oxygen atoms in total. The van der Waals surface area contributed by atoms with Crippen molar-refractivity contribution in [1.82, 2.24) is 9.80 Å². The highest BCUT2D eigenvalue weighted by Crippen LogP contribution is 2.40. The number of hydrogen-bond donors (Lipinski definition) is 0. The van der Waals surface area contributed by atoms with Crippen LogP contribution in [0.5, 0.6) is 5.75 Å². The molecule has 2 atom stereocenters. The second kappa shape index (κ2) is 7.25. The summed E-state index contributed by atoms with van der Waals surface area (Å²) in [6.07, 6.45) is 1.29. The first kappa shape index (κ1) is 17.3. The standard InChI is InChI=1S/C19H24N2O5/c1-24-15-6-2-13(3-7-15)17-18(19(23)20-8-10-25-11-9-20)26-12-16(22)21(17)14-4-5-14/h2-3,6-7,14,17-18H,4-5,8-12H2,1H3. The molecule has 140 valence electrons. The van der Waals surface area contributed by atoms with Gasteiger partial charge in [-0.05, 0) is 30.5 Å². The maximum Gasteiger partial charge on any atom is 0.254 e. The third kappa shape index (κ3) is 3.29. The van der Waals surface area contributed by atoms with E-state index in [1.165, 1.54) is 0 Å². The van der Waals surface area contributed by atoms with Gasteiger partial charge in [0, 0.05) is 19.1 Å². The van der Waals surface area contributed by atoms with Crippen molar-refractivity contribution >= 4 is 11.8 Å². The Labute approximate surface area is 152 Å². The van der Waals surface area contributed by atoms with E-state index in [4.69, 9.17) is 14.2 Å². The molecule has 0 N–H and O–H groups in total. The number of methoxy groups -OCH3 is 1. The lowest BCUT2D eigenvalue weighted by molar-refractivity contribution is -0.172. The monoisotopic (exact) mass is 360 g/mol. The average molecular weight is 360 g/mol. The summed E-state index contributed by atoms with van der Waals surface area (Å²) in [6.45, 7) is 2.16. The van der Waals surface area contributed by atoms with E-state index in [1.54, 1.807) is 12.0 Å². The predicted octanol–water partition coefficient (Wildman–Crippen LogP) is 0.985. The second-order valence-electron chi connectivity index (χ2n) is 6.92. The van der Waals surface area contributed by atoms with Crippen molar-refractivity contribution in [2.75, 3.05) is 40.0 Å². The van der Waals surface area contributed by atoms with Crippen molar-refractivity contribution in [1.29, 1.82) is 0 Å². The summed E-state index contributed by atoms with van der Waals surface area (Å²) in [5.41, 5.74) is 0.900. The molecular formula is C19H24N2O5. The fourth-order valence-corrected chi connectivity index (χ4v) is 3.72. The summed E-state index contributed by atoms with van der Waals surface area (Å²) in [5, 5.41) is 0. The Morgan fingerprint density at radius 3 is 2.46 bits per heavy atom. The fraction of sp³-hybridized carbons (Fsp3) is 0.579. The van der Waals surface area contributed by atoms with Gasteiger partial charge in [-0.2, -0.15) is 0 Å². The van der Waals surface area contributed by atoms with E-state index >= 15 is 0 Å². The van der Waals surface area contributed by atoms with Gasteiger partial charge in [-0.3, -0.25) is 9.59 Å². The van der Waals surface area contributed by atoms with Crippen molar-refractivity contribution in [2.24, 2.45) is 0 Å². The number of rotatable bonds is 4. The van der Waals surface area contributed by atoms with Crippen LogP contribution in [0, 0.1) is 0 Å². The Hall–Kier alpha value is -2.12. The normalized spacial score (nSPS) is 26.7. The van der Waals surface area contributed by atoms with Crippen LogP contribution in [-0.4, -0.2) is 73.8 Å². The van der Waals surface area contributed by atoms with Crippen LogP contribution in [0.25, 0.3) is 0 Å². The van der Waals surface area contributed by atoms with E-state index in [-0.39, 0.29) is 24.5 Å². The topological polar surface area (TPSA) is 68.3 Å². The number of carbonyl (C=O) groups excluding carboxylic acids is 2. The summed E-state index contributed by atoms with van der Waals surface area (Å²) in [5.74, 6) is 0.637. The minimum absolute atomic E-state index is 0.0378. The van der Waals surface area contributed by atoms with Gasteiger partial charge >= 0.3 is 0 Å². The Balaban J connectivity index is 1.65. The molecule has 2 heterocycles. The first-order chi connectivity index (χ1) is 12.7. The molecule has 2 unspecified atom stereocenters. The first-order valence-electron chi connectivity index (χ1n) is 9.12. The van der Waals surface area contributed by atoms with Gasteiger partial charge in [-0.1, -0.05) is 12.1 Å². The second-order valence-corrected chi connectivity index (χ2v) is 6.92. The molecule has 0 aromatic heterocycles. The van der Waals surface area contributed by atoms with Crippen LogP contribution in [-0.2, 0) is 19.1 Å². The number of nitrogens with zero attached hydrogens (tertiary/aromatic N) is 2. The van der Waals surface area contributed by atoms with Crippen LogP contribution in [0.2, 0.25) is 0 Å². The SMILES string of the molecule is COc1ccc(C2C(C(=O)N3CCOCC3)OCC(=O)N2C2CC2)cc1. The number of carbonyl (C=O) groups is 2. The van der Waals surface area contributed by atoms with Crippen LogP contribution < -0.4 is 4.74 Å². The lowest BCUT2D eigenvalue weighted by Gasteiger charge is -2.42. The number of hydrogen-bond acceptors (Lipinski definition) is 5. The van der Waals surface area contributed by atoms with Gasteiger partial charge in [0.2, 0.25) is 5.91 Å². The highest BCUT2D eigenvalue weighted by Gasteiger charge is 2.48. The smallest absolute Gasteiger partial charge is 0.254 e. The summed E-state index contributed by atoms with van der Waals surface area (Å²) in [4.78, 5) is 29.3. The summed E-state index contributed by atoms with van der Waals surface area (Å²) in [6, 6.07) is 7.36. The van der Waals surface area contributed by atoms with Gasteiger partial charge in [-0.15, -0.1) is 0 Å². The molecule has 2 saturated heterocycles. The van der Waals surface area contributed by atoms with E-state index in [0.717, 1.165) is 24.2 Å². The van der Waals surface area contributed by atoms with Crippen molar-refractivity contribution < 1.29 is 23.8 Å². The molecule has 0 radical (unpaired) electrons. The zero-order chi connectivity index (χ0) is 18.1. The third-order valence-electron chi connectivity index (χ3n) is 5.22. The summed E-state index contributed by atoms with van der Waals surface area (Å²) in [7, 11) is 1.61. The Bertz CT molecular complexity index is 667. The van der Waals surface area contributed by atoms with Crippen LogP contribution in [0.1, 0.15) is 24.4 Å². The largest absolute Gasteiger partial charge is 0.497 e. The van der Waals surface area contributed by atoms with E-state index in [1.807, 2.05) is 29.2 Å². The van der Waals surface area contributed by atoms with Crippen LogP contribution in [0.3, 0.4) is 0 Å². The summed E-state index contributed by atoms with van der Waals surface area (Å²) < 4.78 is 16.4. The fourth-order valence-electron chi connectivity index (χ4n) is 3.72. The molecule has 2 aliphatic heterocycles. The zero-order valence-electron chi connectivity index (χ0n) is 14.9. The molecule has 1 aliphatic carbocycles. The van der Waals surface area contributed by atoms with Crippen molar-refractivity contribution in [3.8, 4) is 5.75 Å². The van der Waals surface area contributed by atoms with E-state index < -0.39 is 12.1 Å². The molecule has 7 heteroatoms. The lowest BCUT2D eigenvalue weighted by atomic mass is 9.96. The molecule has 0 spiro atoms. The highest BCUT2D eigenvalue weighted by atomic mass is 16.5. The van der Waals surface area contributed by atoms with Gasteiger partial charge in [0.1, 0.15) is 12.4 Å². The van der Waals surface area contributed by atoms with Crippen molar-refractivity contribution in [3.63, 3.8) is 0 Å². The third-order valence-corrected chi connectivity index (χ3v) is 5.22. The zero-order valence-corrected chi connectivity index (χ0v) is 14.9. The molecule has 1 aromatic rings. The van der Waals surface area contributed by atoms with Crippen LogP contribution >= 0.6 is 0 Å². The molecular weight excluding hydrogens is 336 g/mol. The minimum atomic E-state index is -0.681. The number of amides is 2. The quantitative estimate of drug-likeness (QED) is 0.801. The van der Waals surface area contributed by atoms with Gasteiger partial charge in [0.25, 0.3) is 5.91 Å². The summed E-state index contributed by atoms with van der Waals surface area (Å²) >= 11 is 0. The van der Waals surface area contributed by atoms with Crippen LogP contribution in [0.4, 0.5) is 0 Å². The lowest BCUT2D eigenvalue weighted by Crippen LogP contribution is -2.57. The maximum absolute atomic E-state index is 13.1. The molecule has 1 saturated carbocycles. The highest BCUT2D eigenvalue weighted by molar-refractivity contribution is 5.87. The maximum atomic E-state index is 13.1. The Morgan fingerprint density at radius 2 is 1.85 bits per heavy atom. The predicted molar refractivity (Wildman–Crippen MR) is 92.7 cm³/mol. The minimum Gasteiger partial charge on any atom is -0.497 e. The van der Waals surface area contributed by atoms with Gasteiger partial charge in [0.05, 0.1) is 26.4 Å².